The predicted octanol–water partition coefficient (Wildman–Crippen LogP) is 5.72. The molecule has 8 heteroatoms. The van der Waals surface area contributed by atoms with Crippen molar-refractivity contribution in [1.29, 1.82) is 0 Å². The smallest absolute Gasteiger partial charge is 0.410 e. The monoisotopic (exact) mass is 473 g/mol. The van der Waals surface area contributed by atoms with E-state index in [0.29, 0.717) is 41.5 Å². The molecule has 0 fully saturated rings. The van der Waals surface area contributed by atoms with Crippen LogP contribution >= 0.6 is 0 Å². The number of aryl methyl sites for hydroxylation is 2. The van der Waals surface area contributed by atoms with Gasteiger partial charge in [0.1, 0.15) is 11.4 Å². The summed E-state index contributed by atoms with van der Waals surface area (Å²) in [5.41, 5.74) is 5.19. The molecule has 0 unspecified atom stereocenters. The van der Waals surface area contributed by atoms with Crippen molar-refractivity contribution in [3.63, 3.8) is 0 Å². The second-order valence-corrected chi connectivity index (χ2v) is 10.0. The Hall–Kier alpha value is -3.81. The van der Waals surface area contributed by atoms with Gasteiger partial charge in [0.2, 0.25) is 0 Å². The normalized spacial score (nSPS) is 14.5. The van der Waals surface area contributed by atoms with Crippen LogP contribution < -0.4 is 0 Å². The third kappa shape index (κ3) is 4.60. The summed E-state index contributed by atoms with van der Waals surface area (Å²) >= 11 is 0. The van der Waals surface area contributed by atoms with Crippen molar-refractivity contribution < 1.29 is 13.9 Å². The van der Waals surface area contributed by atoms with E-state index in [1.54, 1.807) is 21.7 Å². The first-order valence-corrected chi connectivity index (χ1v) is 11.7. The minimum Gasteiger partial charge on any atom is -0.444 e. The number of hydrogen-bond donors (Lipinski definition) is 0. The Kier molecular flexibility index (Phi) is 5.54. The largest absolute Gasteiger partial charge is 0.444 e. The van der Waals surface area contributed by atoms with Gasteiger partial charge in [-0.3, -0.25) is 4.98 Å². The highest BCUT2D eigenvalue weighted by Crippen LogP contribution is 2.30. The zero-order valence-corrected chi connectivity index (χ0v) is 20.6. The van der Waals surface area contributed by atoms with Gasteiger partial charge in [-0.1, -0.05) is 6.08 Å². The fourth-order valence-electron chi connectivity index (χ4n) is 4.31. The number of carbonyl (C=O) groups excluding carboxylic acids is 1. The molecule has 180 valence electrons. The highest BCUT2D eigenvalue weighted by Gasteiger charge is 2.24. The number of ether oxygens (including phenoxy) is 1. The van der Waals surface area contributed by atoms with E-state index < -0.39 is 5.60 Å². The first kappa shape index (κ1) is 23.0. The van der Waals surface area contributed by atoms with Crippen molar-refractivity contribution in [2.75, 3.05) is 13.1 Å². The summed E-state index contributed by atoms with van der Waals surface area (Å²) in [5.74, 6) is -0.325. The lowest BCUT2D eigenvalue weighted by Gasteiger charge is -2.29. The van der Waals surface area contributed by atoms with Crippen LogP contribution in [0.1, 0.15) is 44.1 Å². The third-order valence-electron chi connectivity index (χ3n) is 6.00. The Balaban J connectivity index is 1.43. The van der Waals surface area contributed by atoms with Crippen LogP contribution in [0.4, 0.5) is 9.18 Å². The standard InChI is InChI=1S/C27H28FN5O2/c1-16-10-24(31-33-15-17(2)30-25(16)33)19-11-20-14-29-23(13-21(20)22(28)12-19)18-6-8-32(9-7-18)26(34)35-27(3,4)5/h6,10-15H,7-9H2,1-5H3. The van der Waals surface area contributed by atoms with E-state index in [-0.39, 0.29) is 11.9 Å². The maximum atomic E-state index is 15.3. The van der Waals surface area contributed by atoms with Crippen LogP contribution in [0.25, 0.3) is 33.3 Å². The SMILES string of the molecule is Cc1cn2nc(-c3cc(F)c4cc(C5=CCN(C(=O)OC(C)(C)C)CC5)ncc4c3)cc(C)c2n1. The lowest BCUT2D eigenvalue weighted by Crippen LogP contribution is -2.39. The van der Waals surface area contributed by atoms with Crippen LogP contribution in [0.15, 0.2) is 42.7 Å². The van der Waals surface area contributed by atoms with Gasteiger partial charge >= 0.3 is 6.09 Å². The fourth-order valence-corrected chi connectivity index (χ4v) is 4.31. The first-order chi connectivity index (χ1) is 16.6. The lowest BCUT2D eigenvalue weighted by molar-refractivity contribution is 0.0270. The maximum Gasteiger partial charge on any atom is 0.410 e. The molecule has 4 aromatic rings. The van der Waals surface area contributed by atoms with Crippen molar-refractivity contribution in [2.45, 2.75) is 46.6 Å². The van der Waals surface area contributed by atoms with E-state index in [9.17, 15) is 4.79 Å². The van der Waals surface area contributed by atoms with Crippen molar-refractivity contribution in [1.82, 2.24) is 24.5 Å². The van der Waals surface area contributed by atoms with Crippen LogP contribution in [0.3, 0.4) is 0 Å². The Morgan fingerprint density at radius 2 is 1.91 bits per heavy atom. The summed E-state index contributed by atoms with van der Waals surface area (Å²) in [7, 11) is 0. The number of rotatable bonds is 2. The van der Waals surface area contributed by atoms with E-state index in [1.165, 1.54) is 6.07 Å². The Morgan fingerprint density at radius 3 is 2.63 bits per heavy atom. The van der Waals surface area contributed by atoms with Gasteiger partial charge in [0, 0.05) is 35.6 Å². The van der Waals surface area contributed by atoms with Crippen molar-refractivity contribution in [3.05, 3.63) is 65.5 Å². The highest BCUT2D eigenvalue weighted by molar-refractivity contribution is 5.89. The van der Waals surface area contributed by atoms with Crippen molar-refractivity contribution in [2.24, 2.45) is 0 Å². The van der Waals surface area contributed by atoms with Crippen molar-refractivity contribution >= 4 is 28.1 Å². The first-order valence-electron chi connectivity index (χ1n) is 11.7. The number of amides is 1. The average Bonchev–Trinajstić information content (AvgIpc) is 3.18. The molecular weight excluding hydrogens is 445 g/mol. The Bertz CT molecular complexity index is 1500. The molecule has 0 N–H and O–H groups in total. The van der Waals surface area contributed by atoms with Gasteiger partial charge < -0.3 is 9.64 Å². The summed E-state index contributed by atoms with van der Waals surface area (Å²) < 4.78 is 22.4. The van der Waals surface area contributed by atoms with Gasteiger partial charge in [-0.2, -0.15) is 5.10 Å². The number of aromatic nitrogens is 4. The molecule has 3 aromatic heterocycles. The number of imidazole rings is 1. The third-order valence-corrected chi connectivity index (χ3v) is 6.00. The molecule has 0 aliphatic carbocycles. The van der Waals surface area contributed by atoms with Crippen LogP contribution in [0, 0.1) is 19.7 Å². The molecular formula is C27H28FN5O2. The fraction of sp³-hybridized carbons (Fsp3) is 0.333. The molecule has 0 spiro atoms. The van der Waals surface area contributed by atoms with Gasteiger partial charge in [-0.15, -0.1) is 0 Å². The number of benzene rings is 1. The van der Waals surface area contributed by atoms with Gasteiger partial charge in [0.15, 0.2) is 5.65 Å². The number of nitrogens with zero attached hydrogens (tertiary/aromatic N) is 5. The van der Waals surface area contributed by atoms with Crippen LogP contribution in [0.5, 0.6) is 0 Å². The number of hydrogen-bond acceptors (Lipinski definition) is 5. The summed E-state index contributed by atoms with van der Waals surface area (Å²) in [5, 5.41) is 5.84. The predicted molar refractivity (Wildman–Crippen MR) is 134 cm³/mol. The molecule has 4 heterocycles. The van der Waals surface area contributed by atoms with E-state index >= 15 is 4.39 Å². The van der Waals surface area contributed by atoms with Gasteiger partial charge in [-0.25, -0.2) is 18.7 Å². The van der Waals surface area contributed by atoms with Crippen LogP contribution in [0.2, 0.25) is 0 Å². The van der Waals surface area contributed by atoms with Crippen molar-refractivity contribution in [3.8, 4) is 11.3 Å². The van der Waals surface area contributed by atoms with E-state index in [4.69, 9.17) is 4.74 Å². The topological polar surface area (TPSA) is 72.6 Å². The molecule has 1 amide bonds. The minimum atomic E-state index is -0.533. The molecule has 0 saturated carbocycles. The molecule has 35 heavy (non-hydrogen) atoms. The summed E-state index contributed by atoms with van der Waals surface area (Å²) in [6.45, 7) is 10.4. The van der Waals surface area contributed by atoms with E-state index in [0.717, 1.165) is 28.2 Å². The second-order valence-electron chi connectivity index (χ2n) is 10.0. The van der Waals surface area contributed by atoms with Gasteiger partial charge in [0.05, 0.1) is 23.3 Å². The molecule has 1 aromatic carbocycles. The molecule has 1 aliphatic heterocycles. The molecule has 0 bridgehead atoms. The molecule has 7 nitrogen and oxygen atoms in total. The quantitative estimate of drug-likeness (QED) is 0.372. The molecule has 1 aliphatic rings. The second kappa shape index (κ2) is 8.45. The van der Waals surface area contributed by atoms with Crippen LogP contribution in [-0.2, 0) is 4.74 Å². The zero-order valence-electron chi connectivity index (χ0n) is 20.6. The number of halogens is 1. The van der Waals surface area contributed by atoms with E-state index in [1.807, 2.05) is 59.0 Å². The highest BCUT2D eigenvalue weighted by atomic mass is 19.1. The van der Waals surface area contributed by atoms with E-state index in [2.05, 4.69) is 15.1 Å². The van der Waals surface area contributed by atoms with Gasteiger partial charge in [-0.05, 0) is 76.4 Å². The molecule has 0 radical (unpaired) electrons. The maximum absolute atomic E-state index is 15.3. The Morgan fingerprint density at radius 1 is 1.11 bits per heavy atom. The van der Waals surface area contributed by atoms with Gasteiger partial charge in [0.25, 0.3) is 0 Å². The lowest BCUT2D eigenvalue weighted by atomic mass is 10.00. The molecule has 5 rings (SSSR count). The summed E-state index contributed by atoms with van der Waals surface area (Å²) in [6.07, 6.45) is 5.82. The number of fused-ring (bicyclic) bond motifs is 2. The number of pyridine rings is 1. The van der Waals surface area contributed by atoms with Crippen LogP contribution in [-0.4, -0.2) is 49.3 Å². The number of carbonyl (C=O) groups is 1. The minimum absolute atomic E-state index is 0.325. The summed E-state index contributed by atoms with van der Waals surface area (Å²) in [6, 6.07) is 7.13. The molecule has 0 atom stereocenters. The molecule has 0 saturated heterocycles. The zero-order chi connectivity index (χ0) is 24.9. The Labute approximate surface area is 203 Å². The summed E-state index contributed by atoms with van der Waals surface area (Å²) in [4.78, 5) is 23.1. The average molecular weight is 474 g/mol.